The lowest BCUT2D eigenvalue weighted by molar-refractivity contribution is -0.149. The maximum atomic E-state index is 12.2. The average Bonchev–Trinajstić information content (AvgIpc) is 2.83. The lowest BCUT2D eigenvalue weighted by atomic mass is 9.78. The van der Waals surface area contributed by atoms with Crippen LogP contribution in [-0.4, -0.2) is 35.7 Å². The smallest absolute Gasteiger partial charge is 0.307 e. The number of carboxylic acids is 1. The van der Waals surface area contributed by atoms with Crippen LogP contribution < -0.4 is 5.32 Å². The van der Waals surface area contributed by atoms with Crippen molar-refractivity contribution in [3.05, 3.63) is 0 Å². The first-order valence-corrected chi connectivity index (χ1v) is 7.16. The van der Waals surface area contributed by atoms with Gasteiger partial charge in [-0.25, -0.2) is 0 Å². The molecular formula is C14H23NO4. The Morgan fingerprint density at radius 1 is 1.26 bits per heavy atom. The summed E-state index contributed by atoms with van der Waals surface area (Å²) in [7, 11) is 0. The highest BCUT2D eigenvalue weighted by atomic mass is 16.5. The Morgan fingerprint density at radius 2 is 1.95 bits per heavy atom. The molecule has 2 fully saturated rings. The van der Waals surface area contributed by atoms with Crippen LogP contribution in [0.15, 0.2) is 0 Å². The Kier molecular flexibility index (Phi) is 4.45. The molecule has 2 rings (SSSR count). The number of hydrogen-bond acceptors (Lipinski definition) is 3. The third-order valence-electron chi connectivity index (χ3n) is 4.36. The molecule has 1 heterocycles. The predicted molar refractivity (Wildman–Crippen MR) is 69.7 cm³/mol. The number of carbonyl (C=O) groups is 2. The molecule has 1 aliphatic carbocycles. The summed E-state index contributed by atoms with van der Waals surface area (Å²) in [6.45, 7) is 3.22. The van der Waals surface area contributed by atoms with Crippen LogP contribution in [0.5, 0.6) is 0 Å². The van der Waals surface area contributed by atoms with Gasteiger partial charge in [0, 0.05) is 13.2 Å². The zero-order valence-corrected chi connectivity index (χ0v) is 11.5. The molecule has 2 N–H and O–H groups in total. The van der Waals surface area contributed by atoms with Gasteiger partial charge in [0.1, 0.15) is 0 Å². The van der Waals surface area contributed by atoms with Crippen molar-refractivity contribution in [2.45, 2.75) is 51.0 Å². The van der Waals surface area contributed by atoms with Gasteiger partial charge in [-0.2, -0.15) is 0 Å². The highest BCUT2D eigenvalue weighted by Gasteiger charge is 2.37. The largest absolute Gasteiger partial charge is 0.481 e. The van der Waals surface area contributed by atoms with Crippen LogP contribution in [0.4, 0.5) is 0 Å². The minimum atomic E-state index is -0.844. The van der Waals surface area contributed by atoms with Crippen LogP contribution in [-0.2, 0) is 14.3 Å². The van der Waals surface area contributed by atoms with Crippen molar-refractivity contribution in [3.63, 3.8) is 0 Å². The van der Waals surface area contributed by atoms with Gasteiger partial charge in [-0.05, 0) is 32.6 Å². The van der Waals surface area contributed by atoms with Crippen LogP contribution in [0.2, 0.25) is 0 Å². The van der Waals surface area contributed by atoms with Gasteiger partial charge >= 0.3 is 5.97 Å². The van der Waals surface area contributed by atoms with E-state index in [9.17, 15) is 14.7 Å². The minimum absolute atomic E-state index is 0.121. The molecule has 1 aliphatic heterocycles. The van der Waals surface area contributed by atoms with E-state index in [1.807, 2.05) is 6.92 Å². The van der Waals surface area contributed by atoms with Gasteiger partial charge in [0.2, 0.25) is 5.91 Å². The minimum Gasteiger partial charge on any atom is -0.481 e. The fourth-order valence-electron chi connectivity index (χ4n) is 3.12. The van der Waals surface area contributed by atoms with E-state index in [0.717, 1.165) is 32.3 Å². The summed E-state index contributed by atoms with van der Waals surface area (Å²) in [5.41, 5.74) is -0.275. The molecule has 0 bridgehead atoms. The molecule has 2 aliphatic rings. The number of aliphatic carboxylic acids is 1. The first-order chi connectivity index (χ1) is 9.02. The molecule has 19 heavy (non-hydrogen) atoms. The van der Waals surface area contributed by atoms with Gasteiger partial charge in [-0.1, -0.05) is 12.8 Å². The van der Waals surface area contributed by atoms with Crippen molar-refractivity contribution in [2.24, 2.45) is 11.8 Å². The lowest BCUT2D eigenvalue weighted by Crippen LogP contribution is -2.45. The molecule has 3 atom stereocenters. The Morgan fingerprint density at radius 3 is 2.53 bits per heavy atom. The molecular weight excluding hydrogens is 246 g/mol. The quantitative estimate of drug-likeness (QED) is 0.812. The van der Waals surface area contributed by atoms with Crippen molar-refractivity contribution in [2.75, 3.05) is 13.2 Å². The highest BCUT2D eigenvalue weighted by Crippen LogP contribution is 2.31. The number of hydrogen-bond donors (Lipinski definition) is 2. The molecule has 0 radical (unpaired) electrons. The highest BCUT2D eigenvalue weighted by molar-refractivity contribution is 5.84. The Labute approximate surface area is 113 Å². The molecule has 0 aromatic heterocycles. The Bertz CT molecular complexity index is 349. The van der Waals surface area contributed by atoms with Crippen molar-refractivity contribution in [1.82, 2.24) is 5.32 Å². The molecule has 0 aromatic rings. The molecule has 108 valence electrons. The van der Waals surface area contributed by atoms with Gasteiger partial charge in [0.25, 0.3) is 0 Å². The third kappa shape index (κ3) is 3.47. The zero-order valence-electron chi connectivity index (χ0n) is 11.5. The normalized spacial score (nSPS) is 35.0. The molecule has 5 heteroatoms. The summed E-state index contributed by atoms with van der Waals surface area (Å²) in [5.74, 6) is -1.87. The fraction of sp³-hybridized carbons (Fsp3) is 0.857. The Hall–Kier alpha value is -1.10. The van der Waals surface area contributed by atoms with E-state index in [-0.39, 0.29) is 17.4 Å². The van der Waals surface area contributed by atoms with Crippen LogP contribution in [0.1, 0.15) is 45.4 Å². The van der Waals surface area contributed by atoms with E-state index in [0.29, 0.717) is 19.4 Å². The second kappa shape index (κ2) is 5.90. The second-order valence-electron chi connectivity index (χ2n) is 5.96. The number of rotatable bonds is 4. The fourth-order valence-corrected chi connectivity index (χ4v) is 3.12. The molecule has 0 spiro atoms. The van der Waals surface area contributed by atoms with E-state index in [1.165, 1.54) is 0 Å². The van der Waals surface area contributed by atoms with Crippen LogP contribution in [0, 0.1) is 11.8 Å². The average molecular weight is 269 g/mol. The summed E-state index contributed by atoms with van der Waals surface area (Å²) < 4.78 is 5.62. The number of amides is 1. The summed E-state index contributed by atoms with van der Waals surface area (Å²) in [6.07, 6.45) is 5.10. The summed E-state index contributed by atoms with van der Waals surface area (Å²) >= 11 is 0. The summed E-state index contributed by atoms with van der Waals surface area (Å²) in [6, 6.07) is 0. The molecule has 1 saturated carbocycles. The maximum absolute atomic E-state index is 12.2. The number of carbonyl (C=O) groups excluding carboxylic acids is 1. The van der Waals surface area contributed by atoms with Crippen LogP contribution in [0.3, 0.4) is 0 Å². The van der Waals surface area contributed by atoms with Crippen LogP contribution >= 0.6 is 0 Å². The van der Waals surface area contributed by atoms with Crippen molar-refractivity contribution >= 4 is 11.9 Å². The Balaban J connectivity index is 1.89. The number of carboxylic acid groups (broad SMARTS) is 1. The van der Waals surface area contributed by atoms with Crippen molar-refractivity contribution < 1.29 is 19.4 Å². The molecule has 3 unspecified atom stereocenters. The van der Waals surface area contributed by atoms with Gasteiger partial charge in [0.15, 0.2) is 0 Å². The molecule has 0 aromatic carbocycles. The van der Waals surface area contributed by atoms with E-state index < -0.39 is 11.9 Å². The first-order valence-electron chi connectivity index (χ1n) is 7.16. The van der Waals surface area contributed by atoms with Crippen molar-refractivity contribution in [3.8, 4) is 0 Å². The molecule has 1 saturated heterocycles. The number of ether oxygens (including phenoxy) is 1. The van der Waals surface area contributed by atoms with E-state index in [4.69, 9.17) is 4.74 Å². The summed E-state index contributed by atoms with van der Waals surface area (Å²) in [5, 5.41) is 12.1. The zero-order chi connectivity index (χ0) is 13.9. The van der Waals surface area contributed by atoms with E-state index >= 15 is 0 Å². The molecule has 5 nitrogen and oxygen atoms in total. The van der Waals surface area contributed by atoms with E-state index in [2.05, 4.69) is 5.32 Å². The standard InChI is InChI=1S/C14H23NO4/c1-14(7-4-8-19-14)9-15-12(16)10-5-2-3-6-11(10)13(17)18/h10-11H,2-9H2,1H3,(H,15,16)(H,17,18). The SMILES string of the molecule is CC1(CNC(=O)C2CCCCC2C(=O)O)CCCO1. The summed E-state index contributed by atoms with van der Waals surface area (Å²) in [4.78, 5) is 23.4. The van der Waals surface area contributed by atoms with E-state index in [1.54, 1.807) is 0 Å². The van der Waals surface area contributed by atoms with Crippen molar-refractivity contribution in [1.29, 1.82) is 0 Å². The monoisotopic (exact) mass is 269 g/mol. The number of nitrogens with one attached hydrogen (secondary N) is 1. The second-order valence-corrected chi connectivity index (χ2v) is 5.96. The first kappa shape index (κ1) is 14.3. The maximum Gasteiger partial charge on any atom is 0.307 e. The van der Waals surface area contributed by atoms with Gasteiger partial charge in [0.05, 0.1) is 17.4 Å². The van der Waals surface area contributed by atoms with Gasteiger partial charge in [-0.15, -0.1) is 0 Å². The predicted octanol–water partition coefficient (Wildman–Crippen LogP) is 1.56. The van der Waals surface area contributed by atoms with Crippen LogP contribution in [0.25, 0.3) is 0 Å². The topological polar surface area (TPSA) is 75.6 Å². The third-order valence-corrected chi connectivity index (χ3v) is 4.36. The van der Waals surface area contributed by atoms with Gasteiger partial charge in [-0.3, -0.25) is 9.59 Å². The lowest BCUT2D eigenvalue weighted by Gasteiger charge is -2.29. The van der Waals surface area contributed by atoms with Gasteiger partial charge < -0.3 is 15.2 Å². The molecule has 1 amide bonds.